The van der Waals surface area contributed by atoms with Crippen molar-refractivity contribution >= 4 is 27.6 Å². The predicted octanol–water partition coefficient (Wildman–Crippen LogP) is 2.30. The number of hydrogen-bond acceptors (Lipinski definition) is 7. The van der Waals surface area contributed by atoms with Gasteiger partial charge < -0.3 is 14.8 Å². The van der Waals surface area contributed by atoms with Gasteiger partial charge in [-0.3, -0.25) is 0 Å². The first-order chi connectivity index (χ1) is 13.7. The first kappa shape index (κ1) is 20.6. The summed E-state index contributed by atoms with van der Waals surface area (Å²) in [5, 5.41) is 2.76. The summed E-state index contributed by atoms with van der Waals surface area (Å²) in [5.41, 5.74) is 1.03. The summed E-state index contributed by atoms with van der Waals surface area (Å²) >= 11 is 0. The number of sulfonamides is 1. The van der Waals surface area contributed by atoms with E-state index in [-0.39, 0.29) is 17.0 Å². The molecule has 0 aromatic heterocycles. The number of rotatable bonds is 6. The molecule has 8 nitrogen and oxygen atoms in total. The van der Waals surface area contributed by atoms with E-state index in [1.807, 2.05) is 30.3 Å². The van der Waals surface area contributed by atoms with Gasteiger partial charge in [0.2, 0.25) is 10.0 Å². The third-order valence-corrected chi connectivity index (χ3v) is 5.39. The molecule has 0 bridgehead atoms. The fraction of sp³-hybridized carbons (Fsp3) is 0.200. The van der Waals surface area contributed by atoms with E-state index in [1.54, 1.807) is 0 Å². The number of benzene rings is 2. The normalized spacial score (nSPS) is 16.0. The smallest absolute Gasteiger partial charge is 0.350 e. The number of cyclic esters (lactones) is 2. The second-order valence-corrected chi connectivity index (χ2v) is 8.48. The van der Waals surface area contributed by atoms with Crippen molar-refractivity contribution in [3.63, 3.8) is 0 Å². The van der Waals surface area contributed by atoms with Gasteiger partial charge >= 0.3 is 11.9 Å². The molecule has 152 valence electrons. The zero-order chi connectivity index (χ0) is 21.1. The van der Waals surface area contributed by atoms with Crippen LogP contribution in [0.25, 0.3) is 0 Å². The zero-order valence-electron chi connectivity index (χ0n) is 15.8. The highest BCUT2D eigenvalue weighted by Gasteiger charge is 2.38. The molecule has 29 heavy (non-hydrogen) atoms. The highest BCUT2D eigenvalue weighted by molar-refractivity contribution is 7.89. The summed E-state index contributed by atoms with van der Waals surface area (Å²) in [6.07, 6.45) is 1.16. The highest BCUT2D eigenvalue weighted by atomic mass is 32.2. The minimum atomic E-state index is -3.68. The van der Waals surface area contributed by atoms with Crippen LogP contribution in [0.2, 0.25) is 0 Å². The van der Waals surface area contributed by atoms with E-state index in [1.165, 1.54) is 38.1 Å². The van der Waals surface area contributed by atoms with Crippen LogP contribution >= 0.6 is 0 Å². The van der Waals surface area contributed by atoms with Gasteiger partial charge in [0, 0.05) is 32.3 Å². The van der Waals surface area contributed by atoms with E-state index in [4.69, 9.17) is 9.47 Å². The number of nitrogens with one attached hydrogen (secondary N) is 2. The van der Waals surface area contributed by atoms with Crippen molar-refractivity contribution in [3.8, 4) is 0 Å². The van der Waals surface area contributed by atoms with Crippen LogP contribution in [0.1, 0.15) is 19.4 Å². The minimum absolute atomic E-state index is 0.0878. The predicted molar refractivity (Wildman–Crippen MR) is 105 cm³/mol. The molecule has 3 rings (SSSR count). The van der Waals surface area contributed by atoms with Crippen molar-refractivity contribution in [2.75, 3.05) is 5.32 Å². The van der Waals surface area contributed by atoms with Gasteiger partial charge in [0.1, 0.15) is 0 Å². The molecule has 1 aliphatic rings. The van der Waals surface area contributed by atoms with Crippen LogP contribution < -0.4 is 10.0 Å². The second-order valence-electron chi connectivity index (χ2n) is 6.72. The maximum atomic E-state index is 12.4. The molecule has 1 fully saturated rings. The van der Waals surface area contributed by atoms with Crippen LogP contribution in [0, 0.1) is 0 Å². The molecule has 1 saturated heterocycles. The maximum absolute atomic E-state index is 12.4. The average molecular weight is 416 g/mol. The number of anilines is 1. The van der Waals surface area contributed by atoms with E-state index >= 15 is 0 Å². The van der Waals surface area contributed by atoms with Crippen LogP contribution in [-0.2, 0) is 35.6 Å². The Kier molecular flexibility index (Phi) is 5.71. The molecular formula is C20H20N2O6S. The summed E-state index contributed by atoms with van der Waals surface area (Å²) in [6, 6.07) is 15.0. The first-order valence-electron chi connectivity index (χ1n) is 8.73. The second kappa shape index (κ2) is 8.06. The van der Waals surface area contributed by atoms with Gasteiger partial charge in [-0.1, -0.05) is 30.3 Å². The Hall–Kier alpha value is -3.17. The van der Waals surface area contributed by atoms with Crippen LogP contribution in [0.3, 0.4) is 0 Å². The molecule has 0 unspecified atom stereocenters. The number of carbonyl (C=O) groups is 2. The van der Waals surface area contributed by atoms with Gasteiger partial charge in [0.05, 0.1) is 4.90 Å². The Bertz CT molecular complexity index is 1020. The Balaban J connectivity index is 1.65. The van der Waals surface area contributed by atoms with E-state index in [2.05, 4.69) is 10.0 Å². The first-order valence-corrected chi connectivity index (χ1v) is 10.2. The van der Waals surface area contributed by atoms with Crippen LogP contribution in [0.15, 0.2) is 71.3 Å². The molecule has 2 aromatic carbocycles. The summed E-state index contributed by atoms with van der Waals surface area (Å²) in [7, 11) is -3.68. The monoisotopic (exact) mass is 416 g/mol. The maximum Gasteiger partial charge on any atom is 0.350 e. The lowest BCUT2D eigenvalue weighted by Gasteiger charge is -2.29. The minimum Gasteiger partial charge on any atom is -0.419 e. The molecule has 2 aromatic rings. The van der Waals surface area contributed by atoms with Crippen LogP contribution in [-0.4, -0.2) is 26.1 Å². The molecule has 0 radical (unpaired) electrons. The number of hydrogen-bond donors (Lipinski definition) is 2. The summed E-state index contributed by atoms with van der Waals surface area (Å²) < 4.78 is 37.3. The summed E-state index contributed by atoms with van der Waals surface area (Å²) in [4.78, 5) is 23.9. The molecule has 9 heteroatoms. The quantitative estimate of drug-likeness (QED) is 0.422. The Labute approximate surface area is 168 Å². The Morgan fingerprint density at radius 1 is 0.931 bits per heavy atom. The van der Waals surface area contributed by atoms with Crippen LogP contribution in [0.4, 0.5) is 5.69 Å². The van der Waals surface area contributed by atoms with Crippen molar-refractivity contribution in [1.82, 2.24) is 4.72 Å². The third-order valence-electron chi connectivity index (χ3n) is 3.97. The molecular weight excluding hydrogens is 396 g/mol. The fourth-order valence-corrected chi connectivity index (χ4v) is 3.54. The highest BCUT2D eigenvalue weighted by Crippen LogP contribution is 2.23. The topological polar surface area (TPSA) is 111 Å². The summed E-state index contributed by atoms with van der Waals surface area (Å²) in [6.45, 7) is 3.09. The molecule has 1 aliphatic heterocycles. The molecule has 0 spiro atoms. The van der Waals surface area contributed by atoms with Crippen molar-refractivity contribution in [3.05, 3.63) is 71.9 Å². The van der Waals surface area contributed by atoms with Crippen molar-refractivity contribution in [2.45, 2.75) is 31.1 Å². The average Bonchev–Trinajstić information content (AvgIpc) is 2.66. The van der Waals surface area contributed by atoms with Gasteiger partial charge in [-0.05, 0) is 29.8 Å². The van der Waals surface area contributed by atoms with E-state index < -0.39 is 27.7 Å². The van der Waals surface area contributed by atoms with E-state index in [9.17, 15) is 18.0 Å². The molecule has 0 amide bonds. The standard InChI is InChI=1S/C20H20N2O6S/c1-20(2)27-18(23)17(19(24)28-20)13-21-15-8-10-16(11-9-15)29(25,26)22-12-14-6-4-3-5-7-14/h3-11,13,21-22H,12H2,1-2H3. The fourth-order valence-electron chi connectivity index (χ4n) is 2.52. The van der Waals surface area contributed by atoms with Crippen molar-refractivity contribution in [1.29, 1.82) is 0 Å². The van der Waals surface area contributed by atoms with Gasteiger partial charge in [-0.15, -0.1) is 0 Å². The lowest BCUT2D eigenvalue weighted by molar-refractivity contribution is -0.222. The third kappa shape index (κ3) is 5.21. The molecule has 2 N–H and O–H groups in total. The summed E-state index contributed by atoms with van der Waals surface area (Å²) in [5.74, 6) is -2.92. The van der Waals surface area contributed by atoms with Gasteiger partial charge in [-0.2, -0.15) is 0 Å². The molecule has 0 aliphatic carbocycles. The largest absolute Gasteiger partial charge is 0.419 e. The molecule has 1 heterocycles. The number of ether oxygens (including phenoxy) is 2. The number of carbonyl (C=O) groups excluding carboxylic acids is 2. The zero-order valence-corrected chi connectivity index (χ0v) is 16.7. The van der Waals surface area contributed by atoms with Gasteiger partial charge in [0.15, 0.2) is 5.57 Å². The number of esters is 2. The molecule has 0 saturated carbocycles. The van der Waals surface area contributed by atoms with E-state index in [0.29, 0.717) is 5.69 Å². The van der Waals surface area contributed by atoms with Gasteiger partial charge in [-0.25, -0.2) is 22.7 Å². The molecule has 0 atom stereocenters. The van der Waals surface area contributed by atoms with Crippen molar-refractivity contribution < 1.29 is 27.5 Å². The van der Waals surface area contributed by atoms with E-state index in [0.717, 1.165) is 11.8 Å². The lowest BCUT2D eigenvalue weighted by atomic mass is 10.2. The van der Waals surface area contributed by atoms with Crippen molar-refractivity contribution in [2.24, 2.45) is 0 Å². The Morgan fingerprint density at radius 2 is 1.52 bits per heavy atom. The van der Waals surface area contributed by atoms with Gasteiger partial charge in [0.25, 0.3) is 5.79 Å². The van der Waals surface area contributed by atoms with Crippen LogP contribution in [0.5, 0.6) is 0 Å². The Morgan fingerprint density at radius 3 is 2.10 bits per heavy atom. The SMILES string of the molecule is CC1(C)OC(=O)C(=CNc2ccc(S(=O)(=O)NCc3ccccc3)cc2)C(=O)O1. The lowest BCUT2D eigenvalue weighted by Crippen LogP contribution is -2.42.